The van der Waals surface area contributed by atoms with Crippen LogP contribution < -0.4 is 5.32 Å². The van der Waals surface area contributed by atoms with E-state index >= 15 is 0 Å². The third kappa shape index (κ3) is 3.00. The van der Waals surface area contributed by atoms with Crippen molar-refractivity contribution in [3.05, 3.63) is 21.9 Å². The van der Waals surface area contributed by atoms with E-state index in [2.05, 4.69) is 5.32 Å². The Hall–Kier alpha value is -0.540. The number of carbonyl (C=O) groups is 1. The summed E-state index contributed by atoms with van der Waals surface area (Å²) in [5, 5.41) is 2.37. The predicted octanol–water partition coefficient (Wildman–Crippen LogP) is 2.86. The van der Waals surface area contributed by atoms with E-state index in [1.165, 1.54) is 4.88 Å². The van der Waals surface area contributed by atoms with Gasteiger partial charge in [-0.3, -0.25) is 4.79 Å². The predicted molar refractivity (Wildman–Crippen MR) is 60.9 cm³/mol. The maximum atomic E-state index is 11.3. The minimum Gasteiger partial charge on any atom is -0.347 e. The molecule has 2 atom stereocenters. The van der Waals surface area contributed by atoms with Gasteiger partial charge in [0.15, 0.2) is 0 Å². The molecule has 78 valence electrons. The van der Waals surface area contributed by atoms with Crippen molar-refractivity contribution < 1.29 is 4.79 Å². The molecule has 1 N–H and O–H groups in total. The van der Waals surface area contributed by atoms with Crippen LogP contribution in [0.1, 0.15) is 29.6 Å². The number of hydrogen-bond acceptors (Lipinski definition) is 2. The number of rotatable bonds is 3. The molecule has 0 saturated carbocycles. The lowest BCUT2D eigenvalue weighted by Crippen LogP contribution is -2.31. The summed E-state index contributed by atoms with van der Waals surface area (Å²) in [5.74, 6) is -0.120. The molecule has 0 saturated heterocycles. The number of aryl methyl sites for hydroxylation is 1. The molecular weight excluding hydrogens is 218 g/mol. The molecule has 0 aliphatic rings. The summed E-state index contributed by atoms with van der Waals surface area (Å²) in [6.07, 6.45) is 0. The molecule has 0 aromatic carbocycles. The first-order chi connectivity index (χ1) is 6.50. The summed E-state index contributed by atoms with van der Waals surface area (Å²) in [4.78, 5) is 13.7. The fourth-order valence-electron chi connectivity index (χ4n) is 1.09. The third-order valence-corrected chi connectivity index (χ3v) is 3.29. The Kier molecular flexibility index (Phi) is 3.96. The second-order valence-electron chi connectivity index (χ2n) is 3.29. The zero-order valence-electron chi connectivity index (χ0n) is 8.50. The van der Waals surface area contributed by atoms with Gasteiger partial charge in [0.05, 0.1) is 6.04 Å². The highest BCUT2D eigenvalue weighted by Crippen LogP contribution is 2.22. The Labute approximate surface area is 93.3 Å². The van der Waals surface area contributed by atoms with E-state index in [9.17, 15) is 4.79 Å². The second-order valence-corrected chi connectivity index (χ2v) is 5.27. The molecule has 0 aliphatic heterocycles. The van der Waals surface area contributed by atoms with Gasteiger partial charge in [-0.25, -0.2) is 0 Å². The maximum Gasteiger partial charge on any atom is 0.238 e. The van der Waals surface area contributed by atoms with E-state index in [-0.39, 0.29) is 11.9 Å². The van der Waals surface area contributed by atoms with Gasteiger partial charge in [0.1, 0.15) is 5.38 Å². The van der Waals surface area contributed by atoms with Crippen LogP contribution in [-0.4, -0.2) is 11.3 Å². The smallest absolute Gasteiger partial charge is 0.238 e. The molecule has 0 aliphatic carbocycles. The highest BCUT2D eigenvalue weighted by molar-refractivity contribution is 7.12. The third-order valence-electron chi connectivity index (χ3n) is 1.91. The fraction of sp³-hybridized carbons (Fsp3) is 0.500. The van der Waals surface area contributed by atoms with Crippen molar-refractivity contribution in [3.63, 3.8) is 0 Å². The van der Waals surface area contributed by atoms with Crippen LogP contribution in [0.3, 0.4) is 0 Å². The quantitative estimate of drug-likeness (QED) is 0.797. The monoisotopic (exact) mass is 231 g/mol. The van der Waals surface area contributed by atoms with E-state index in [1.807, 2.05) is 26.0 Å². The van der Waals surface area contributed by atoms with Gasteiger partial charge in [-0.1, -0.05) is 0 Å². The summed E-state index contributed by atoms with van der Waals surface area (Å²) in [6.45, 7) is 5.68. The van der Waals surface area contributed by atoms with E-state index in [0.717, 1.165) is 4.88 Å². The molecule has 1 rings (SSSR count). The Balaban J connectivity index is 2.59. The number of thiophene rings is 1. The molecule has 0 spiro atoms. The van der Waals surface area contributed by atoms with E-state index in [0.29, 0.717) is 0 Å². The van der Waals surface area contributed by atoms with Gasteiger partial charge in [0.2, 0.25) is 5.91 Å². The number of amides is 1. The molecule has 0 radical (unpaired) electrons. The van der Waals surface area contributed by atoms with E-state index in [4.69, 9.17) is 11.6 Å². The molecule has 2 unspecified atom stereocenters. The molecule has 0 bridgehead atoms. The van der Waals surface area contributed by atoms with Gasteiger partial charge in [-0.05, 0) is 32.9 Å². The minimum absolute atomic E-state index is 0.0439. The van der Waals surface area contributed by atoms with Crippen LogP contribution in [0.25, 0.3) is 0 Å². The van der Waals surface area contributed by atoms with Crippen molar-refractivity contribution in [2.45, 2.75) is 32.2 Å². The topological polar surface area (TPSA) is 29.1 Å². The first-order valence-corrected chi connectivity index (χ1v) is 5.76. The first-order valence-electron chi connectivity index (χ1n) is 4.51. The lowest BCUT2D eigenvalue weighted by molar-refractivity contribution is -0.121. The average molecular weight is 232 g/mol. The van der Waals surface area contributed by atoms with Gasteiger partial charge < -0.3 is 5.32 Å². The second kappa shape index (κ2) is 4.80. The summed E-state index contributed by atoms with van der Waals surface area (Å²) in [7, 11) is 0. The van der Waals surface area contributed by atoms with Crippen molar-refractivity contribution in [2.24, 2.45) is 0 Å². The molecule has 1 amide bonds. The Morgan fingerprint density at radius 2 is 2.14 bits per heavy atom. The summed E-state index contributed by atoms with van der Waals surface area (Å²) >= 11 is 7.35. The van der Waals surface area contributed by atoms with E-state index < -0.39 is 5.38 Å². The lowest BCUT2D eigenvalue weighted by atomic mass is 10.2. The molecule has 1 aromatic heterocycles. The Morgan fingerprint density at radius 1 is 1.50 bits per heavy atom. The van der Waals surface area contributed by atoms with Crippen molar-refractivity contribution >= 4 is 28.8 Å². The molecule has 0 fully saturated rings. The van der Waals surface area contributed by atoms with Gasteiger partial charge in [0, 0.05) is 9.75 Å². The Bertz CT molecular complexity index is 322. The van der Waals surface area contributed by atoms with Gasteiger partial charge in [-0.15, -0.1) is 22.9 Å². The van der Waals surface area contributed by atoms with Crippen molar-refractivity contribution in [2.75, 3.05) is 0 Å². The molecule has 1 heterocycles. The minimum atomic E-state index is -0.474. The zero-order chi connectivity index (χ0) is 10.7. The largest absolute Gasteiger partial charge is 0.347 e. The van der Waals surface area contributed by atoms with Crippen LogP contribution in [0.5, 0.6) is 0 Å². The van der Waals surface area contributed by atoms with E-state index in [1.54, 1.807) is 18.3 Å². The summed E-state index contributed by atoms with van der Waals surface area (Å²) in [5.41, 5.74) is 0. The maximum absolute atomic E-state index is 11.3. The highest BCUT2D eigenvalue weighted by Gasteiger charge is 2.14. The number of alkyl halides is 1. The summed E-state index contributed by atoms with van der Waals surface area (Å²) < 4.78 is 0. The molecule has 2 nitrogen and oxygen atoms in total. The highest BCUT2D eigenvalue weighted by atomic mass is 35.5. The number of carbonyl (C=O) groups excluding carboxylic acids is 1. The molecule has 1 aromatic rings. The molecular formula is C10H14ClNOS. The van der Waals surface area contributed by atoms with Crippen LogP contribution in [0.4, 0.5) is 0 Å². The normalized spacial score (nSPS) is 14.9. The van der Waals surface area contributed by atoms with Gasteiger partial charge in [-0.2, -0.15) is 0 Å². The van der Waals surface area contributed by atoms with Gasteiger partial charge >= 0.3 is 0 Å². The SMILES string of the molecule is Cc1ccc(C(C)NC(=O)C(C)Cl)s1. The van der Waals surface area contributed by atoms with Crippen molar-refractivity contribution in [1.29, 1.82) is 0 Å². The van der Waals surface area contributed by atoms with Crippen LogP contribution in [0.2, 0.25) is 0 Å². The van der Waals surface area contributed by atoms with Crippen molar-refractivity contribution in [1.82, 2.24) is 5.32 Å². The Morgan fingerprint density at radius 3 is 2.57 bits per heavy atom. The number of halogens is 1. The fourth-order valence-corrected chi connectivity index (χ4v) is 2.03. The average Bonchev–Trinajstić information content (AvgIpc) is 2.51. The standard InChI is InChI=1S/C10H14ClNOS/c1-6-4-5-9(14-6)8(3)12-10(13)7(2)11/h4-5,7-8H,1-3H3,(H,12,13). The van der Waals surface area contributed by atoms with Crippen LogP contribution in [0.15, 0.2) is 12.1 Å². The first kappa shape index (κ1) is 11.5. The van der Waals surface area contributed by atoms with Crippen LogP contribution in [-0.2, 0) is 4.79 Å². The zero-order valence-corrected chi connectivity index (χ0v) is 10.1. The summed E-state index contributed by atoms with van der Waals surface area (Å²) in [6, 6.07) is 4.12. The number of hydrogen-bond donors (Lipinski definition) is 1. The number of nitrogens with one attached hydrogen (secondary N) is 1. The van der Waals surface area contributed by atoms with Crippen LogP contribution in [0, 0.1) is 6.92 Å². The molecule has 14 heavy (non-hydrogen) atoms. The molecule has 4 heteroatoms. The van der Waals surface area contributed by atoms with Crippen molar-refractivity contribution in [3.8, 4) is 0 Å². The van der Waals surface area contributed by atoms with Crippen LogP contribution >= 0.6 is 22.9 Å². The lowest BCUT2D eigenvalue weighted by Gasteiger charge is -2.12. The van der Waals surface area contributed by atoms with Gasteiger partial charge in [0.25, 0.3) is 0 Å².